The molecular weight excluding hydrogens is 320 g/mol. The number of hydrogen-bond acceptors (Lipinski definition) is 4. The van der Waals surface area contributed by atoms with Crippen molar-refractivity contribution in [3.63, 3.8) is 0 Å². The molecule has 132 valence electrons. The van der Waals surface area contributed by atoms with Crippen LogP contribution in [0, 0.1) is 11.8 Å². The average Bonchev–Trinajstić information content (AvgIpc) is 3.39. The fourth-order valence-electron chi connectivity index (χ4n) is 5.06. The van der Waals surface area contributed by atoms with Crippen LogP contribution >= 0.6 is 0 Å². The van der Waals surface area contributed by atoms with Crippen LogP contribution in [0.4, 0.5) is 0 Å². The van der Waals surface area contributed by atoms with Gasteiger partial charge >= 0.3 is 0 Å². The van der Waals surface area contributed by atoms with Gasteiger partial charge in [0.05, 0.1) is 37.3 Å². The van der Waals surface area contributed by atoms with Crippen LogP contribution < -0.4 is 5.32 Å². The number of rotatable bonds is 4. The van der Waals surface area contributed by atoms with Gasteiger partial charge in [0.1, 0.15) is 11.4 Å². The lowest BCUT2D eigenvalue weighted by molar-refractivity contribution is -0.138. The van der Waals surface area contributed by atoms with Crippen molar-refractivity contribution >= 4 is 11.8 Å². The standard InChI is InChI=1S/C19H22N2O4/c22-17(20-10-13-6-3-9-24-13)15-14-7-8-19(25-14)11-21(18(23)16(15)19)12-4-1-2-5-12/h3,6-9,12,14-16H,1-2,4-5,10-11H2,(H,20,22)/t14-,15+,16+,19+/m0/s1. The quantitative estimate of drug-likeness (QED) is 0.844. The summed E-state index contributed by atoms with van der Waals surface area (Å²) in [7, 11) is 0. The second-order valence-electron chi connectivity index (χ2n) is 7.60. The predicted molar refractivity (Wildman–Crippen MR) is 88.2 cm³/mol. The lowest BCUT2D eigenvalue weighted by Gasteiger charge is -2.26. The molecule has 2 bridgehead atoms. The summed E-state index contributed by atoms with van der Waals surface area (Å²) in [5.74, 6) is -0.164. The molecule has 4 atom stereocenters. The molecule has 1 saturated carbocycles. The third-order valence-electron chi connectivity index (χ3n) is 6.21. The minimum atomic E-state index is -0.600. The highest BCUT2D eigenvalue weighted by atomic mass is 16.5. The Morgan fingerprint density at radius 3 is 2.96 bits per heavy atom. The molecule has 0 radical (unpaired) electrons. The summed E-state index contributed by atoms with van der Waals surface area (Å²) in [5, 5.41) is 2.91. The van der Waals surface area contributed by atoms with Crippen LogP contribution in [0.5, 0.6) is 0 Å². The second kappa shape index (κ2) is 5.46. The zero-order valence-electron chi connectivity index (χ0n) is 14.0. The first-order valence-corrected chi connectivity index (χ1v) is 9.16. The number of ether oxygens (including phenoxy) is 1. The molecule has 0 unspecified atom stereocenters. The molecule has 2 amide bonds. The summed E-state index contributed by atoms with van der Waals surface area (Å²) in [4.78, 5) is 27.9. The fourth-order valence-corrected chi connectivity index (χ4v) is 5.06. The van der Waals surface area contributed by atoms with Gasteiger partial charge in [-0.05, 0) is 25.0 Å². The molecule has 6 nitrogen and oxygen atoms in total. The molecule has 4 aliphatic rings. The van der Waals surface area contributed by atoms with Crippen molar-refractivity contribution < 1.29 is 18.7 Å². The first-order valence-electron chi connectivity index (χ1n) is 9.16. The Hall–Kier alpha value is -2.08. The van der Waals surface area contributed by atoms with E-state index in [0.717, 1.165) is 12.8 Å². The van der Waals surface area contributed by atoms with E-state index in [2.05, 4.69) is 5.32 Å². The Bertz CT molecular complexity index is 722. The average molecular weight is 342 g/mol. The number of likely N-dealkylation sites (tertiary alicyclic amines) is 1. The van der Waals surface area contributed by atoms with Crippen molar-refractivity contribution in [3.8, 4) is 0 Å². The Morgan fingerprint density at radius 1 is 1.36 bits per heavy atom. The molecule has 3 fully saturated rings. The minimum absolute atomic E-state index is 0.0944. The molecule has 25 heavy (non-hydrogen) atoms. The van der Waals surface area contributed by atoms with E-state index in [4.69, 9.17) is 9.15 Å². The van der Waals surface area contributed by atoms with Gasteiger partial charge < -0.3 is 19.4 Å². The van der Waals surface area contributed by atoms with Crippen molar-refractivity contribution in [1.29, 1.82) is 0 Å². The summed E-state index contributed by atoms with van der Waals surface area (Å²) >= 11 is 0. The molecule has 0 aromatic carbocycles. The van der Waals surface area contributed by atoms with E-state index in [1.165, 1.54) is 12.8 Å². The second-order valence-corrected chi connectivity index (χ2v) is 7.60. The van der Waals surface area contributed by atoms with Crippen LogP contribution in [-0.4, -0.2) is 41.0 Å². The summed E-state index contributed by atoms with van der Waals surface area (Å²) in [6.45, 7) is 0.926. The van der Waals surface area contributed by atoms with E-state index < -0.39 is 11.5 Å². The molecule has 1 N–H and O–H groups in total. The van der Waals surface area contributed by atoms with E-state index in [0.29, 0.717) is 24.9 Å². The van der Waals surface area contributed by atoms with E-state index >= 15 is 0 Å². The molecule has 1 spiro atoms. The topological polar surface area (TPSA) is 71.8 Å². The van der Waals surface area contributed by atoms with E-state index in [1.54, 1.807) is 12.3 Å². The van der Waals surface area contributed by atoms with Crippen molar-refractivity contribution in [2.24, 2.45) is 11.8 Å². The van der Waals surface area contributed by atoms with Crippen LogP contribution in [0.25, 0.3) is 0 Å². The minimum Gasteiger partial charge on any atom is -0.467 e. The normalized spacial score (nSPS) is 36.4. The van der Waals surface area contributed by atoms with Gasteiger partial charge in [0, 0.05) is 6.04 Å². The van der Waals surface area contributed by atoms with Crippen LogP contribution in [0.15, 0.2) is 35.0 Å². The molecule has 6 heteroatoms. The monoisotopic (exact) mass is 342 g/mol. The van der Waals surface area contributed by atoms with Gasteiger partial charge in [0.2, 0.25) is 11.8 Å². The molecular formula is C19H22N2O4. The summed E-state index contributed by atoms with van der Waals surface area (Å²) in [5.41, 5.74) is -0.600. The highest BCUT2D eigenvalue weighted by Gasteiger charge is 2.67. The van der Waals surface area contributed by atoms with Gasteiger partial charge in [-0.1, -0.05) is 25.0 Å². The third-order valence-corrected chi connectivity index (χ3v) is 6.21. The fraction of sp³-hybridized carbons (Fsp3) is 0.579. The van der Waals surface area contributed by atoms with Gasteiger partial charge in [-0.25, -0.2) is 0 Å². The number of hydrogen-bond donors (Lipinski definition) is 1. The zero-order valence-corrected chi connectivity index (χ0v) is 14.0. The van der Waals surface area contributed by atoms with E-state index in [9.17, 15) is 9.59 Å². The maximum Gasteiger partial charge on any atom is 0.230 e. The molecule has 4 heterocycles. The SMILES string of the molecule is O=C(NCc1ccco1)[C@@H]1[C@@H]2C=C[C@]3(CN(C4CCCC4)C(=O)[C@@H]13)O2. The Morgan fingerprint density at radius 2 is 2.20 bits per heavy atom. The maximum atomic E-state index is 13.1. The van der Waals surface area contributed by atoms with Gasteiger partial charge in [-0.2, -0.15) is 0 Å². The van der Waals surface area contributed by atoms with Crippen LogP contribution in [0.2, 0.25) is 0 Å². The van der Waals surface area contributed by atoms with Gasteiger partial charge in [0.25, 0.3) is 0 Å². The van der Waals surface area contributed by atoms with Crippen molar-refractivity contribution in [1.82, 2.24) is 10.2 Å². The highest BCUT2D eigenvalue weighted by Crippen LogP contribution is 2.52. The van der Waals surface area contributed by atoms with Gasteiger partial charge in [-0.3, -0.25) is 9.59 Å². The summed E-state index contributed by atoms with van der Waals surface area (Å²) in [6, 6.07) is 3.93. The molecule has 1 aliphatic carbocycles. The number of nitrogens with zero attached hydrogens (tertiary/aromatic N) is 1. The molecule has 3 aliphatic heterocycles. The molecule has 5 rings (SSSR count). The first kappa shape index (κ1) is 15.2. The van der Waals surface area contributed by atoms with E-state index in [-0.39, 0.29) is 23.8 Å². The number of nitrogens with one attached hydrogen (secondary N) is 1. The van der Waals surface area contributed by atoms with E-state index in [1.807, 2.05) is 23.1 Å². The van der Waals surface area contributed by atoms with Crippen molar-refractivity contribution in [2.75, 3.05) is 6.54 Å². The lowest BCUT2D eigenvalue weighted by Crippen LogP contribution is -2.44. The van der Waals surface area contributed by atoms with Crippen LogP contribution in [0.1, 0.15) is 31.4 Å². The highest BCUT2D eigenvalue weighted by molar-refractivity contribution is 5.93. The number of carbonyl (C=O) groups is 2. The molecule has 1 aromatic rings. The predicted octanol–water partition coefficient (Wildman–Crippen LogP) is 1.62. The van der Waals surface area contributed by atoms with Crippen molar-refractivity contribution in [2.45, 2.75) is 50.0 Å². The van der Waals surface area contributed by atoms with Gasteiger partial charge in [0.15, 0.2) is 0 Å². The largest absolute Gasteiger partial charge is 0.467 e. The smallest absolute Gasteiger partial charge is 0.230 e. The van der Waals surface area contributed by atoms with Crippen LogP contribution in [0.3, 0.4) is 0 Å². The third kappa shape index (κ3) is 2.20. The number of carbonyl (C=O) groups excluding carboxylic acids is 2. The summed E-state index contributed by atoms with van der Waals surface area (Å²) < 4.78 is 11.4. The molecule has 1 aromatic heterocycles. The number of fused-ring (bicyclic) bond motifs is 1. The first-order chi connectivity index (χ1) is 12.2. The Kier molecular flexibility index (Phi) is 3.32. The number of furan rings is 1. The zero-order chi connectivity index (χ0) is 17.0. The number of amides is 2. The van der Waals surface area contributed by atoms with Crippen LogP contribution in [-0.2, 0) is 20.9 Å². The summed E-state index contributed by atoms with van der Waals surface area (Å²) in [6.07, 6.45) is 9.76. The maximum absolute atomic E-state index is 13.1. The lowest BCUT2D eigenvalue weighted by atomic mass is 9.77. The molecule has 2 saturated heterocycles. The Labute approximate surface area is 146 Å². The van der Waals surface area contributed by atoms with Crippen molar-refractivity contribution in [3.05, 3.63) is 36.3 Å². The van der Waals surface area contributed by atoms with Gasteiger partial charge in [-0.15, -0.1) is 0 Å². The Balaban J connectivity index is 1.36.